The Morgan fingerprint density at radius 1 is 1.15 bits per heavy atom. The summed E-state index contributed by atoms with van der Waals surface area (Å²) in [5, 5.41) is 8.12. The summed E-state index contributed by atoms with van der Waals surface area (Å²) in [4.78, 5) is 29.4. The standard InChI is InChI=1S/C24H17Br2ClN4O3/c1-14-29-21-8-3-16(25)11-19(21)24(33)31(14)28-12-15-2-9-22(20(26)10-15)34-13-23(32)30-18-6-4-17(27)5-7-18/h2-12H,13H2,1H3,(H,30,32). The molecule has 34 heavy (non-hydrogen) atoms. The van der Waals surface area contributed by atoms with Gasteiger partial charge in [-0.3, -0.25) is 9.59 Å². The van der Waals surface area contributed by atoms with E-state index in [0.717, 1.165) is 10.0 Å². The van der Waals surface area contributed by atoms with Crippen LogP contribution in [-0.4, -0.2) is 28.4 Å². The van der Waals surface area contributed by atoms with Crippen LogP contribution in [0.15, 0.2) is 79.5 Å². The van der Waals surface area contributed by atoms with Crippen LogP contribution in [0.3, 0.4) is 0 Å². The number of amides is 1. The summed E-state index contributed by atoms with van der Waals surface area (Å²) in [6.45, 7) is 1.56. The molecule has 1 aromatic heterocycles. The Morgan fingerprint density at radius 3 is 2.65 bits per heavy atom. The molecule has 3 aromatic carbocycles. The van der Waals surface area contributed by atoms with Gasteiger partial charge in [0, 0.05) is 15.2 Å². The molecule has 4 aromatic rings. The van der Waals surface area contributed by atoms with Gasteiger partial charge in [0.2, 0.25) is 0 Å². The van der Waals surface area contributed by atoms with Crippen molar-refractivity contribution in [1.29, 1.82) is 0 Å². The molecular formula is C24H17Br2ClN4O3. The molecule has 4 rings (SSSR count). The Hall–Kier alpha value is -3.01. The Morgan fingerprint density at radius 2 is 1.91 bits per heavy atom. The first kappa shape index (κ1) is 24.1. The van der Waals surface area contributed by atoms with E-state index in [9.17, 15) is 9.59 Å². The largest absolute Gasteiger partial charge is 0.483 e. The van der Waals surface area contributed by atoms with Crippen LogP contribution >= 0.6 is 43.5 Å². The highest BCUT2D eigenvalue weighted by atomic mass is 79.9. The zero-order valence-electron chi connectivity index (χ0n) is 17.8. The van der Waals surface area contributed by atoms with Gasteiger partial charge in [0.1, 0.15) is 11.6 Å². The van der Waals surface area contributed by atoms with Gasteiger partial charge >= 0.3 is 0 Å². The number of nitrogens with zero attached hydrogens (tertiary/aromatic N) is 3. The summed E-state index contributed by atoms with van der Waals surface area (Å²) in [7, 11) is 0. The Balaban J connectivity index is 1.45. The highest BCUT2D eigenvalue weighted by molar-refractivity contribution is 9.10. The highest BCUT2D eigenvalue weighted by Gasteiger charge is 2.09. The van der Waals surface area contributed by atoms with Gasteiger partial charge in [-0.05, 0) is 89.1 Å². The van der Waals surface area contributed by atoms with Crippen molar-refractivity contribution in [3.8, 4) is 5.75 Å². The minimum absolute atomic E-state index is 0.165. The van der Waals surface area contributed by atoms with Crippen molar-refractivity contribution in [3.05, 3.63) is 96.4 Å². The van der Waals surface area contributed by atoms with Gasteiger partial charge in [-0.2, -0.15) is 9.78 Å². The van der Waals surface area contributed by atoms with Gasteiger partial charge in [0.15, 0.2) is 6.61 Å². The van der Waals surface area contributed by atoms with Crippen LogP contribution in [0.25, 0.3) is 10.9 Å². The van der Waals surface area contributed by atoms with E-state index in [1.54, 1.807) is 67.7 Å². The molecule has 0 saturated carbocycles. The van der Waals surface area contributed by atoms with Crippen molar-refractivity contribution in [1.82, 2.24) is 9.66 Å². The second-order valence-electron chi connectivity index (χ2n) is 7.22. The summed E-state index contributed by atoms with van der Waals surface area (Å²) >= 11 is 12.7. The highest BCUT2D eigenvalue weighted by Crippen LogP contribution is 2.25. The molecule has 0 spiro atoms. The first-order valence-corrected chi connectivity index (χ1v) is 12.0. The van der Waals surface area contributed by atoms with Gasteiger partial charge in [0.25, 0.3) is 11.5 Å². The summed E-state index contributed by atoms with van der Waals surface area (Å²) < 4.78 is 8.30. The molecule has 0 saturated heterocycles. The number of carbonyl (C=O) groups excluding carboxylic acids is 1. The Bertz CT molecular complexity index is 1470. The molecule has 0 radical (unpaired) electrons. The molecule has 1 N–H and O–H groups in total. The third-order valence-corrected chi connectivity index (χ3v) is 6.10. The monoisotopic (exact) mass is 602 g/mol. The molecule has 0 aliphatic heterocycles. The molecule has 0 fully saturated rings. The van der Waals surface area contributed by atoms with E-state index >= 15 is 0 Å². The molecule has 0 atom stereocenters. The van der Waals surface area contributed by atoms with Crippen molar-refractivity contribution >= 4 is 72.2 Å². The van der Waals surface area contributed by atoms with Crippen molar-refractivity contribution in [2.75, 3.05) is 11.9 Å². The van der Waals surface area contributed by atoms with Crippen LogP contribution in [0.2, 0.25) is 5.02 Å². The number of fused-ring (bicyclic) bond motifs is 1. The lowest BCUT2D eigenvalue weighted by atomic mass is 10.2. The van der Waals surface area contributed by atoms with Crippen LogP contribution in [0.1, 0.15) is 11.4 Å². The predicted octanol–water partition coefficient (Wildman–Crippen LogP) is 5.78. The van der Waals surface area contributed by atoms with Gasteiger partial charge < -0.3 is 10.1 Å². The second-order valence-corrected chi connectivity index (χ2v) is 9.42. The number of halogens is 3. The SMILES string of the molecule is Cc1nc2ccc(Br)cc2c(=O)n1N=Cc1ccc(OCC(=O)Nc2ccc(Cl)cc2)c(Br)c1. The van der Waals surface area contributed by atoms with Gasteiger partial charge in [-0.15, -0.1) is 0 Å². The minimum atomic E-state index is -0.301. The fourth-order valence-corrected chi connectivity index (χ4v) is 4.11. The maximum absolute atomic E-state index is 12.9. The van der Waals surface area contributed by atoms with Crippen LogP contribution in [0.5, 0.6) is 5.75 Å². The first-order chi connectivity index (χ1) is 16.3. The molecule has 172 valence electrons. The Kier molecular flexibility index (Phi) is 7.45. The fourth-order valence-electron chi connectivity index (χ4n) is 3.11. The molecule has 10 heteroatoms. The smallest absolute Gasteiger partial charge is 0.282 e. The number of rotatable bonds is 6. The van der Waals surface area contributed by atoms with Gasteiger partial charge in [0.05, 0.1) is 21.6 Å². The molecule has 0 unspecified atom stereocenters. The zero-order valence-corrected chi connectivity index (χ0v) is 21.7. The molecule has 7 nitrogen and oxygen atoms in total. The number of carbonyl (C=O) groups is 1. The number of hydrogen-bond donors (Lipinski definition) is 1. The number of ether oxygens (including phenoxy) is 1. The molecule has 0 bridgehead atoms. The maximum atomic E-state index is 12.9. The molecular weight excluding hydrogens is 588 g/mol. The lowest BCUT2D eigenvalue weighted by Crippen LogP contribution is -2.20. The Labute approximate surface area is 216 Å². The first-order valence-electron chi connectivity index (χ1n) is 10.0. The van der Waals surface area contributed by atoms with E-state index in [4.69, 9.17) is 16.3 Å². The van der Waals surface area contributed by atoms with Crippen molar-refractivity contribution < 1.29 is 9.53 Å². The zero-order chi connectivity index (χ0) is 24.2. The van der Waals surface area contributed by atoms with E-state index in [-0.39, 0.29) is 18.1 Å². The average molecular weight is 605 g/mol. The van der Waals surface area contributed by atoms with Crippen LogP contribution < -0.4 is 15.6 Å². The number of aryl methyl sites for hydroxylation is 1. The summed E-state index contributed by atoms with van der Waals surface area (Å²) in [5.74, 6) is 0.668. The second kappa shape index (κ2) is 10.5. The lowest BCUT2D eigenvalue weighted by Gasteiger charge is -2.10. The topological polar surface area (TPSA) is 85.6 Å². The van der Waals surface area contributed by atoms with E-state index in [1.165, 1.54) is 4.68 Å². The third kappa shape index (κ3) is 5.72. The average Bonchev–Trinajstić information content (AvgIpc) is 2.80. The number of nitrogens with one attached hydrogen (secondary N) is 1. The number of aromatic nitrogens is 2. The summed E-state index contributed by atoms with van der Waals surface area (Å²) in [6.07, 6.45) is 1.56. The fraction of sp³-hybridized carbons (Fsp3) is 0.0833. The van der Waals surface area contributed by atoms with E-state index < -0.39 is 0 Å². The van der Waals surface area contributed by atoms with E-state index in [0.29, 0.717) is 37.7 Å². The number of benzene rings is 3. The normalized spacial score (nSPS) is 11.2. The predicted molar refractivity (Wildman–Crippen MR) is 141 cm³/mol. The molecule has 0 aliphatic rings. The molecule has 1 heterocycles. The van der Waals surface area contributed by atoms with Crippen LogP contribution in [0.4, 0.5) is 5.69 Å². The van der Waals surface area contributed by atoms with Crippen LogP contribution in [0, 0.1) is 6.92 Å². The van der Waals surface area contributed by atoms with E-state index in [1.807, 2.05) is 6.07 Å². The summed E-state index contributed by atoms with van der Waals surface area (Å²) in [5.41, 5.74) is 1.71. The van der Waals surface area contributed by atoms with Gasteiger partial charge in [-0.1, -0.05) is 27.5 Å². The van der Waals surface area contributed by atoms with E-state index in [2.05, 4.69) is 47.3 Å². The molecule has 0 aliphatic carbocycles. The van der Waals surface area contributed by atoms with Crippen molar-refractivity contribution in [2.24, 2.45) is 5.10 Å². The van der Waals surface area contributed by atoms with Crippen molar-refractivity contribution in [3.63, 3.8) is 0 Å². The lowest BCUT2D eigenvalue weighted by molar-refractivity contribution is -0.118. The number of anilines is 1. The maximum Gasteiger partial charge on any atom is 0.282 e. The van der Waals surface area contributed by atoms with Crippen LogP contribution in [-0.2, 0) is 4.79 Å². The van der Waals surface area contributed by atoms with Crippen molar-refractivity contribution in [2.45, 2.75) is 6.92 Å². The molecule has 1 amide bonds. The summed E-state index contributed by atoms with van der Waals surface area (Å²) in [6, 6.07) is 17.4. The van der Waals surface area contributed by atoms with Gasteiger partial charge in [-0.25, -0.2) is 4.98 Å². The quantitative estimate of drug-likeness (QED) is 0.283. The third-order valence-electron chi connectivity index (χ3n) is 4.74. The number of hydrogen-bond acceptors (Lipinski definition) is 5. The minimum Gasteiger partial charge on any atom is -0.483 e.